The van der Waals surface area contributed by atoms with Crippen molar-refractivity contribution in [1.82, 2.24) is 4.98 Å². The molecule has 0 aromatic carbocycles. The summed E-state index contributed by atoms with van der Waals surface area (Å²) < 4.78 is 10.3. The Balaban J connectivity index is 2.11. The van der Waals surface area contributed by atoms with Gasteiger partial charge in [0, 0.05) is 19.7 Å². The van der Waals surface area contributed by atoms with E-state index < -0.39 is 5.97 Å². The Labute approximate surface area is 121 Å². The van der Waals surface area contributed by atoms with Crippen molar-refractivity contribution in [3.05, 3.63) is 10.0 Å². The number of hydrogen-bond donors (Lipinski definition) is 0. The summed E-state index contributed by atoms with van der Waals surface area (Å²) in [6, 6.07) is 0. The molecule has 0 saturated carbocycles. The Morgan fingerprint density at radius 3 is 3.11 bits per heavy atom. The molecule has 1 aliphatic heterocycles. The molecule has 1 aromatic heterocycles. The molecule has 2 heterocycles. The summed E-state index contributed by atoms with van der Waals surface area (Å²) >= 11 is 7.25. The number of carbonyl (C=O) groups excluding carboxylic acids is 1. The summed E-state index contributed by atoms with van der Waals surface area (Å²) in [7, 11) is 1.34. The second-order valence-electron chi connectivity index (χ2n) is 4.27. The zero-order valence-corrected chi connectivity index (χ0v) is 12.6. The van der Waals surface area contributed by atoms with E-state index in [0.717, 1.165) is 31.1 Å². The van der Waals surface area contributed by atoms with Crippen LogP contribution in [-0.2, 0) is 9.47 Å². The van der Waals surface area contributed by atoms with E-state index in [4.69, 9.17) is 16.3 Å². The summed E-state index contributed by atoms with van der Waals surface area (Å²) in [5, 5.41) is 0.972. The van der Waals surface area contributed by atoms with Gasteiger partial charge in [0.05, 0.1) is 13.2 Å². The number of carbonyl (C=O) groups is 1. The van der Waals surface area contributed by atoms with Crippen molar-refractivity contribution in [1.29, 1.82) is 0 Å². The molecule has 0 spiro atoms. The van der Waals surface area contributed by atoms with Crippen LogP contribution in [0.1, 0.15) is 29.4 Å². The lowest BCUT2D eigenvalue weighted by atomic mass is 10.1. The van der Waals surface area contributed by atoms with E-state index in [1.54, 1.807) is 0 Å². The van der Waals surface area contributed by atoms with E-state index in [1.807, 2.05) is 6.92 Å². The number of halogens is 1. The molecule has 1 saturated heterocycles. The fraction of sp³-hybridized carbons (Fsp3) is 0.667. The highest BCUT2D eigenvalue weighted by Crippen LogP contribution is 2.32. The average Bonchev–Trinajstić information content (AvgIpc) is 2.81. The second kappa shape index (κ2) is 6.54. The lowest BCUT2D eigenvalue weighted by Gasteiger charge is -2.32. The van der Waals surface area contributed by atoms with Gasteiger partial charge in [0.2, 0.25) is 0 Å². The van der Waals surface area contributed by atoms with Crippen molar-refractivity contribution in [3.8, 4) is 0 Å². The smallest absolute Gasteiger partial charge is 0.351 e. The lowest BCUT2D eigenvalue weighted by Crippen LogP contribution is -2.39. The molecule has 0 radical (unpaired) electrons. The molecule has 7 heteroatoms. The quantitative estimate of drug-likeness (QED) is 0.800. The monoisotopic (exact) mass is 304 g/mol. The Morgan fingerprint density at radius 2 is 2.42 bits per heavy atom. The van der Waals surface area contributed by atoms with Crippen LogP contribution in [0.4, 0.5) is 5.13 Å². The maximum absolute atomic E-state index is 11.5. The predicted molar refractivity (Wildman–Crippen MR) is 75.3 cm³/mol. The highest BCUT2D eigenvalue weighted by atomic mass is 35.5. The standard InChI is InChI=1S/C12H17ClN2O3S/c1-3-18-8-5-4-6-15(7-8)12-14-10(13)9(19-12)11(16)17-2/h8H,3-7H2,1-2H3. The van der Waals surface area contributed by atoms with Crippen LogP contribution in [-0.4, -0.2) is 43.9 Å². The van der Waals surface area contributed by atoms with E-state index in [9.17, 15) is 4.79 Å². The third-order valence-electron chi connectivity index (χ3n) is 3.00. The summed E-state index contributed by atoms with van der Waals surface area (Å²) in [6.07, 6.45) is 2.34. The van der Waals surface area contributed by atoms with Gasteiger partial charge in [-0.15, -0.1) is 0 Å². The maximum Gasteiger partial charge on any atom is 0.351 e. The molecule has 1 atom stereocenters. The van der Waals surface area contributed by atoms with Crippen LogP contribution in [0.25, 0.3) is 0 Å². The van der Waals surface area contributed by atoms with Crippen molar-refractivity contribution in [2.75, 3.05) is 31.7 Å². The Bertz CT molecular complexity index is 450. The van der Waals surface area contributed by atoms with E-state index >= 15 is 0 Å². The number of piperidine rings is 1. The Kier molecular flexibility index (Phi) is 5.01. The number of rotatable bonds is 4. The van der Waals surface area contributed by atoms with Crippen molar-refractivity contribution in [2.24, 2.45) is 0 Å². The number of ether oxygens (including phenoxy) is 2. The Hall–Kier alpha value is -0.850. The van der Waals surface area contributed by atoms with Gasteiger partial charge in [-0.3, -0.25) is 0 Å². The number of methoxy groups -OCH3 is 1. The third kappa shape index (κ3) is 3.38. The summed E-state index contributed by atoms with van der Waals surface area (Å²) in [5.41, 5.74) is 0. The van der Waals surface area contributed by atoms with Gasteiger partial charge in [0.25, 0.3) is 0 Å². The predicted octanol–water partition coefficient (Wildman–Crippen LogP) is 2.59. The molecule has 0 N–H and O–H groups in total. The number of esters is 1. The minimum atomic E-state index is -0.438. The van der Waals surface area contributed by atoms with Crippen LogP contribution >= 0.6 is 22.9 Å². The van der Waals surface area contributed by atoms with Gasteiger partial charge in [-0.2, -0.15) is 0 Å². The third-order valence-corrected chi connectivity index (χ3v) is 4.48. The first-order chi connectivity index (χ1) is 9.15. The molecule has 106 valence electrons. The van der Waals surface area contributed by atoms with Crippen LogP contribution in [0.2, 0.25) is 5.15 Å². The highest BCUT2D eigenvalue weighted by molar-refractivity contribution is 7.18. The van der Waals surface area contributed by atoms with Gasteiger partial charge in [0.1, 0.15) is 0 Å². The van der Waals surface area contributed by atoms with Crippen molar-refractivity contribution in [3.63, 3.8) is 0 Å². The molecule has 1 aliphatic rings. The minimum absolute atomic E-state index is 0.213. The van der Waals surface area contributed by atoms with Crippen molar-refractivity contribution >= 4 is 34.0 Å². The first kappa shape index (κ1) is 14.6. The van der Waals surface area contributed by atoms with Crippen molar-refractivity contribution in [2.45, 2.75) is 25.9 Å². The molecule has 1 fully saturated rings. The van der Waals surface area contributed by atoms with Crippen LogP contribution in [0.3, 0.4) is 0 Å². The topological polar surface area (TPSA) is 51.7 Å². The summed E-state index contributed by atoms with van der Waals surface area (Å²) in [5.74, 6) is -0.438. The number of aromatic nitrogens is 1. The molecule has 2 rings (SSSR count). The van der Waals surface area contributed by atoms with E-state index in [1.165, 1.54) is 18.4 Å². The van der Waals surface area contributed by atoms with Crippen LogP contribution < -0.4 is 4.90 Å². The average molecular weight is 305 g/mol. The van der Waals surface area contributed by atoms with E-state index in [-0.39, 0.29) is 11.3 Å². The van der Waals surface area contributed by atoms with Crippen LogP contribution in [0.15, 0.2) is 0 Å². The molecule has 1 aromatic rings. The number of nitrogens with zero attached hydrogens (tertiary/aromatic N) is 2. The molecule has 1 unspecified atom stereocenters. The van der Waals surface area contributed by atoms with Gasteiger partial charge in [0.15, 0.2) is 15.2 Å². The van der Waals surface area contributed by atoms with Gasteiger partial charge < -0.3 is 14.4 Å². The van der Waals surface area contributed by atoms with Gasteiger partial charge in [-0.25, -0.2) is 9.78 Å². The fourth-order valence-electron chi connectivity index (χ4n) is 2.13. The second-order valence-corrected chi connectivity index (χ2v) is 5.61. The number of thiazole rings is 1. The Morgan fingerprint density at radius 1 is 1.63 bits per heavy atom. The highest BCUT2D eigenvalue weighted by Gasteiger charge is 2.25. The first-order valence-electron chi connectivity index (χ1n) is 6.26. The molecular weight excluding hydrogens is 288 g/mol. The number of hydrogen-bond acceptors (Lipinski definition) is 6. The SMILES string of the molecule is CCOC1CCCN(c2nc(Cl)c(C(=O)OC)s2)C1. The van der Waals surface area contributed by atoms with Gasteiger partial charge >= 0.3 is 5.97 Å². The van der Waals surface area contributed by atoms with Gasteiger partial charge in [-0.1, -0.05) is 22.9 Å². The molecular formula is C12H17ClN2O3S. The molecule has 0 bridgehead atoms. The first-order valence-corrected chi connectivity index (χ1v) is 7.46. The zero-order valence-electron chi connectivity index (χ0n) is 11.0. The molecule has 0 amide bonds. The van der Waals surface area contributed by atoms with Crippen molar-refractivity contribution < 1.29 is 14.3 Å². The van der Waals surface area contributed by atoms with E-state index in [0.29, 0.717) is 11.5 Å². The lowest BCUT2D eigenvalue weighted by molar-refractivity contribution is 0.0526. The maximum atomic E-state index is 11.5. The molecule has 0 aliphatic carbocycles. The molecule has 19 heavy (non-hydrogen) atoms. The van der Waals surface area contributed by atoms with Crippen LogP contribution in [0.5, 0.6) is 0 Å². The minimum Gasteiger partial charge on any atom is -0.465 e. The van der Waals surface area contributed by atoms with Gasteiger partial charge in [-0.05, 0) is 19.8 Å². The largest absolute Gasteiger partial charge is 0.465 e. The van der Waals surface area contributed by atoms with E-state index in [2.05, 4.69) is 14.6 Å². The fourth-order valence-corrected chi connectivity index (χ4v) is 3.36. The summed E-state index contributed by atoms with van der Waals surface area (Å²) in [4.78, 5) is 18.2. The molecule has 5 nitrogen and oxygen atoms in total. The number of anilines is 1. The zero-order chi connectivity index (χ0) is 13.8. The van der Waals surface area contributed by atoms with Crippen LogP contribution in [0, 0.1) is 0 Å². The summed E-state index contributed by atoms with van der Waals surface area (Å²) in [6.45, 7) is 4.41. The normalized spacial score (nSPS) is 19.5.